The molecule has 3 heteroatoms. The second-order valence-electron chi connectivity index (χ2n) is 4.46. The minimum absolute atomic E-state index is 0.134. The molecule has 2 nitrogen and oxygen atoms in total. The highest BCUT2D eigenvalue weighted by molar-refractivity contribution is 9.10. The van der Waals surface area contributed by atoms with Gasteiger partial charge in [-0.2, -0.15) is 0 Å². The van der Waals surface area contributed by atoms with Gasteiger partial charge in [-0.3, -0.25) is 0 Å². The minimum atomic E-state index is -0.134. The van der Waals surface area contributed by atoms with Gasteiger partial charge in [0.1, 0.15) is 5.75 Å². The van der Waals surface area contributed by atoms with Crippen molar-refractivity contribution in [2.45, 2.75) is 19.9 Å². The van der Waals surface area contributed by atoms with Gasteiger partial charge < -0.3 is 10.5 Å². The van der Waals surface area contributed by atoms with Crippen LogP contribution in [0.15, 0.2) is 46.9 Å². The zero-order valence-electron chi connectivity index (χ0n) is 11.2. The number of nitrogens with two attached hydrogens (primary N) is 1. The van der Waals surface area contributed by atoms with E-state index in [1.54, 1.807) is 0 Å². The van der Waals surface area contributed by atoms with Gasteiger partial charge in [0.15, 0.2) is 0 Å². The summed E-state index contributed by atoms with van der Waals surface area (Å²) >= 11 is 3.61. The molecule has 0 radical (unpaired) electrons. The molecule has 0 aliphatic rings. The van der Waals surface area contributed by atoms with Gasteiger partial charge in [0, 0.05) is 4.47 Å². The molecule has 1 atom stereocenters. The van der Waals surface area contributed by atoms with Crippen LogP contribution in [0.5, 0.6) is 5.75 Å². The summed E-state index contributed by atoms with van der Waals surface area (Å²) in [6, 6.07) is 14.0. The molecule has 2 N–H and O–H groups in total. The average Bonchev–Trinajstić information content (AvgIpc) is 2.42. The van der Waals surface area contributed by atoms with Gasteiger partial charge in [-0.25, -0.2) is 0 Å². The zero-order valence-corrected chi connectivity index (χ0v) is 12.8. The van der Waals surface area contributed by atoms with Crippen LogP contribution >= 0.6 is 15.9 Å². The highest BCUT2D eigenvalue weighted by atomic mass is 79.9. The van der Waals surface area contributed by atoms with Gasteiger partial charge in [0.25, 0.3) is 0 Å². The summed E-state index contributed by atoms with van der Waals surface area (Å²) in [4.78, 5) is 0. The van der Waals surface area contributed by atoms with E-state index >= 15 is 0 Å². The van der Waals surface area contributed by atoms with Crippen LogP contribution in [0.3, 0.4) is 0 Å². The Morgan fingerprint density at radius 3 is 2.47 bits per heavy atom. The highest BCUT2D eigenvalue weighted by Gasteiger charge is 2.13. The van der Waals surface area contributed by atoms with E-state index in [-0.39, 0.29) is 6.04 Å². The van der Waals surface area contributed by atoms with E-state index in [9.17, 15) is 0 Å². The fraction of sp³-hybridized carbons (Fsp3) is 0.250. The SMILES string of the molecule is CCOc1ccc(C(N)c2cccc(C)c2Br)cc1. The fourth-order valence-corrected chi connectivity index (χ4v) is 2.54. The maximum absolute atomic E-state index is 6.34. The zero-order chi connectivity index (χ0) is 13.8. The number of rotatable bonds is 4. The largest absolute Gasteiger partial charge is 0.494 e. The summed E-state index contributed by atoms with van der Waals surface area (Å²) in [6.07, 6.45) is 0. The minimum Gasteiger partial charge on any atom is -0.494 e. The Hall–Kier alpha value is -1.32. The smallest absolute Gasteiger partial charge is 0.119 e. The molecule has 0 saturated carbocycles. The fourth-order valence-electron chi connectivity index (χ4n) is 2.03. The lowest BCUT2D eigenvalue weighted by atomic mass is 9.98. The molecule has 100 valence electrons. The second kappa shape index (κ2) is 6.22. The van der Waals surface area contributed by atoms with Crippen LogP contribution in [0, 0.1) is 6.92 Å². The monoisotopic (exact) mass is 319 g/mol. The number of hydrogen-bond donors (Lipinski definition) is 1. The van der Waals surface area contributed by atoms with Gasteiger partial charge in [0.05, 0.1) is 12.6 Å². The maximum atomic E-state index is 6.34. The second-order valence-corrected chi connectivity index (χ2v) is 5.25. The first-order chi connectivity index (χ1) is 9.13. The van der Waals surface area contributed by atoms with Crippen molar-refractivity contribution >= 4 is 15.9 Å². The maximum Gasteiger partial charge on any atom is 0.119 e. The van der Waals surface area contributed by atoms with E-state index in [1.807, 2.05) is 37.3 Å². The first kappa shape index (κ1) is 14.1. The average molecular weight is 320 g/mol. The molecule has 0 fully saturated rings. The highest BCUT2D eigenvalue weighted by Crippen LogP contribution is 2.29. The molecule has 2 rings (SSSR count). The molecular weight excluding hydrogens is 302 g/mol. The van der Waals surface area contributed by atoms with Crippen LogP contribution < -0.4 is 10.5 Å². The van der Waals surface area contributed by atoms with Crippen molar-refractivity contribution < 1.29 is 4.74 Å². The summed E-state index contributed by atoms with van der Waals surface area (Å²) < 4.78 is 6.52. The number of hydrogen-bond acceptors (Lipinski definition) is 2. The molecule has 0 aliphatic carbocycles. The topological polar surface area (TPSA) is 35.2 Å². The molecule has 0 spiro atoms. The standard InChI is InChI=1S/C16H18BrNO/c1-3-19-13-9-7-12(8-10-13)16(18)14-6-4-5-11(2)15(14)17/h4-10,16H,3,18H2,1-2H3. The normalized spacial score (nSPS) is 12.2. The Bertz CT molecular complexity index is 551. The number of ether oxygens (including phenoxy) is 1. The summed E-state index contributed by atoms with van der Waals surface area (Å²) in [7, 11) is 0. The molecule has 0 aromatic heterocycles. The lowest BCUT2D eigenvalue weighted by molar-refractivity contribution is 0.340. The van der Waals surface area contributed by atoms with Crippen LogP contribution in [-0.2, 0) is 0 Å². The van der Waals surface area contributed by atoms with E-state index in [1.165, 1.54) is 5.56 Å². The Labute approximate surface area is 122 Å². The summed E-state index contributed by atoms with van der Waals surface area (Å²) in [6.45, 7) is 4.72. The number of halogens is 1. The third kappa shape index (κ3) is 3.17. The Morgan fingerprint density at radius 2 is 1.84 bits per heavy atom. The van der Waals surface area contributed by atoms with Crippen LogP contribution in [0.2, 0.25) is 0 Å². The van der Waals surface area contributed by atoms with Gasteiger partial charge in [-0.15, -0.1) is 0 Å². The molecule has 1 unspecified atom stereocenters. The van der Waals surface area contributed by atoms with E-state index < -0.39 is 0 Å². The third-order valence-corrected chi connectivity index (χ3v) is 4.19. The van der Waals surface area contributed by atoms with Crippen molar-refractivity contribution in [2.24, 2.45) is 5.73 Å². The van der Waals surface area contributed by atoms with Crippen molar-refractivity contribution in [3.8, 4) is 5.75 Å². The molecule has 0 amide bonds. The van der Waals surface area contributed by atoms with Crippen LogP contribution in [0.1, 0.15) is 29.7 Å². The van der Waals surface area contributed by atoms with Gasteiger partial charge in [0.2, 0.25) is 0 Å². The van der Waals surface area contributed by atoms with Crippen molar-refractivity contribution in [3.05, 3.63) is 63.6 Å². The Morgan fingerprint density at radius 1 is 1.16 bits per heavy atom. The summed E-state index contributed by atoms with van der Waals surface area (Å²) in [5, 5.41) is 0. The molecular formula is C16H18BrNO. The van der Waals surface area contributed by atoms with Gasteiger partial charge in [-0.05, 0) is 42.7 Å². The van der Waals surface area contributed by atoms with E-state index in [2.05, 4.69) is 35.0 Å². The van der Waals surface area contributed by atoms with Crippen molar-refractivity contribution in [1.82, 2.24) is 0 Å². The molecule has 2 aromatic rings. The molecule has 0 heterocycles. The van der Waals surface area contributed by atoms with E-state index in [0.717, 1.165) is 21.3 Å². The Kier molecular flexibility index (Phi) is 4.61. The molecule has 19 heavy (non-hydrogen) atoms. The molecule has 0 saturated heterocycles. The predicted molar refractivity (Wildman–Crippen MR) is 82.5 cm³/mol. The van der Waals surface area contributed by atoms with Crippen molar-refractivity contribution in [1.29, 1.82) is 0 Å². The summed E-state index contributed by atoms with van der Waals surface area (Å²) in [5.41, 5.74) is 9.71. The van der Waals surface area contributed by atoms with Crippen molar-refractivity contribution in [3.63, 3.8) is 0 Å². The van der Waals surface area contributed by atoms with Gasteiger partial charge >= 0.3 is 0 Å². The number of aryl methyl sites for hydroxylation is 1. The first-order valence-corrected chi connectivity index (χ1v) is 7.16. The molecule has 2 aromatic carbocycles. The number of benzene rings is 2. The van der Waals surface area contributed by atoms with E-state index in [4.69, 9.17) is 10.5 Å². The van der Waals surface area contributed by atoms with Crippen LogP contribution in [0.25, 0.3) is 0 Å². The lowest BCUT2D eigenvalue weighted by Crippen LogP contribution is -2.12. The predicted octanol–water partition coefficient (Wildman–Crippen LogP) is 4.20. The molecule has 0 aliphatic heterocycles. The first-order valence-electron chi connectivity index (χ1n) is 6.36. The molecule has 0 bridgehead atoms. The Balaban J connectivity index is 2.28. The third-order valence-electron chi connectivity index (χ3n) is 3.11. The van der Waals surface area contributed by atoms with Crippen LogP contribution in [0.4, 0.5) is 0 Å². The lowest BCUT2D eigenvalue weighted by Gasteiger charge is -2.16. The van der Waals surface area contributed by atoms with Crippen LogP contribution in [-0.4, -0.2) is 6.61 Å². The quantitative estimate of drug-likeness (QED) is 0.916. The van der Waals surface area contributed by atoms with E-state index in [0.29, 0.717) is 6.61 Å². The summed E-state index contributed by atoms with van der Waals surface area (Å²) in [5.74, 6) is 0.877. The van der Waals surface area contributed by atoms with Gasteiger partial charge in [-0.1, -0.05) is 46.3 Å². The van der Waals surface area contributed by atoms with Crippen molar-refractivity contribution in [2.75, 3.05) is 6.61 Å².